The summed E-state index contributed by atoms with van der Waals surface area (Å²) in [6.07, 6.45) is 12.7. The Kier molecular flexibility index (Phi) is 12.2. The third-order valence-electron chi connectivity index (χ3n) is 3.76. The normalized spacial score (nSPS) is 12.7. The molecular formula is C17H37NO3S. The lowest BCUT2D eigenvalue weighted by atomic mass is 10.0. The molecule has 0 saturated carbocycles. The van der Waals surface area contributed by atoms with Crippen LogP contribution in [0.3, 0.4) is 0 Å². The van der Waals surface area contributed by atoms with Crippen LogP contribution < -0.4 is 5.73 Å². The number of nitrogens with two attached hydrogens (primary N) is 1. The van der Waals surface area contributed by atoms with E-state index in [2.05, 4.69) is 6.92 Å². The van der Waals surface area contributed by atoms with Gasteiger partial charge in [-0.05, 0) is 26.7 Å². The van der Waals surface area contributed by atoms with E-state index in [1.54, 1.807) is 0 Å². The first-order valence-electron chi connectivity index (χ1n) is 8.93. The van der Waals surface area contributed by atoms with Crippen LogP contribution in [0.2, 0.25) is 0 Å². The molecule has 0 amide bonds. The molecule has 4 nitrogen and oxygen atoms in total. The Hall–Kier alpha value is -0.130. The van der Waals surface area contributed by atoms with Gasteiger partial charge in [0.05, 0.1) is 12.4 Å². The van der Waals surface area contributed by atoms with Crippen LogP contribution in [0, 0.1) is 0 Å². The minimum Gasteiger partial charge on any atom is -0.326 e. The highest BCUT2D eigenvalue weighted by Gasteiger charge is 2.18. The Morgan fingerprint density at radius 3 is 1.77 bits per heavy atom. The van der Waals surface area contributed by atoms with Gasteiger partial charge in [-0.1, -0.05) is 64.7 Å². The van der Waals surface area contributed by atoms with Crippen molar-refractivity contribution in [2.45, 2.75) is 96.9 Å². The van der Waals surface area contributed by atoms with E-state index in [1.165, 1.54) is 51.4 Å². The minimum absolute atomic E-state index is 0.00819. The van der Waals surface area contributed by atoms with Crippen molar-refractivity contribution in [1.29, 1.82) is 0 Å². The average molecular weight is 336 g/mol. The van der Waals surface area contributed by atoms with E-state index >= 15 is 0 Å². The van der Waals surface area contributed by atoms with Crippen molar-refractivity contribution in [3.63, 3.8) is 0 Å². The molecule has 0 unspecified atom stereocenters. The molecule has 0 aliphatic rings. The molecule has 0 aliphatic heterocycles. The van der Waals surface area contributed by atoms with E-state index in [4.69, 9.17) is 9.92 Å². The third-order valence-corrected chi connectivity index (χ3v) is 4.99. The summed E-state index contributed by atoms with van der Waals surface area (Å²) < 4.78 is 28.3. The summed E-state index contributed by atoms with van der Waals surface area (Å²) in [5, 5.41) is 0. The maximum absolute atomic E-state index is 11.7. The van der Waals surface area contributed by atoms with E-state index in [9.17, 15) is 8.42 Å². The number of unbranched alkanes of at least 4 members (excludes halogenated alkanes) is 9. The fraction of sp³-hybridized carbons (Fsp3) is 1.00. The van der Waals surface area contributed by atoms with Crippen molar-refractivity contribution >= 4 is 10.1 Å². The Morgan fingerprint density at radius 1 is 0.864 bits per heavy atom. The van der Waals surface area contributed by atoms with Crippen molar-refractivity contribution in [2.75, 3.05) is 12.4 Å². The fourth-order valence-corrected chi connectivity index (χ4v) is 3.49. The minimum atomic E-state index is -3.41. The predicted molar refractivity (Wildman–Crippen MR) is 94.5 cm³/mol. The highest BCUT2D eigenvalue weighted by molar-refractivity contribution is 7.86. The summed E-state index contributed by atoms with van der Waals surface area (Å²) in [7, 11) is -3.41. The van der Waals surface area contributed by atoms with E-state index in [0.29, 0.717) is 13.0 Å². The number of hydrogen-bond acceptors (Lipinski definition) is 4. The molecule has 0 aromatic rings. The van der Waals surface area contributed by atoms with E-state index in [-0.39, 0.29) is 5.75 Å². The Bertz CT molecular complexity index is 347. The average Bonchev–Trinajstić information content (AvgIpc) is 2.42. The van der Waals surface area contributed by atoms with E-state index < -0.39 is 15.7 Å². The first kappa shape index (κ1) is 21.9. The van der Waals surface area contributed by atoms with Gasteiger partial charge in [0.15, 0.2) is 0 Å². The lowest BCUT2D eigenvalue weighted by Gasteiger charge is -2.17. The lowest BCUT2D eigenvalue weighted by molar-refractivity contribution is 0.303. The van der Waals surface area contributed by atoms with Gasteiger partial charge in [0.1, 0.15) is 0 Å². The van der Waals surface area contributed by atoms with Crippen molar-refractivity contribution in [2.24, 2.45) is 5.73 Å². The second kappa shape index (κ2) is 12.3. The molecule has 22 heavy (non-hydrogen) atoms. The highest BCUT2D eigenvalue weighted by atomic mass is 32.2. The zero-order chi connectivity index (χ0) is 16.9. The molecule has 0 atom stereocenters. The van der Waals surface area contributed by atoms with Gasteiger partial charge in [-0.2, -0.15) is 8.42 Å². The summed E-state index contributed by atoms with van der Waals surface area (Å²) in [4.78, 5) is 0. The van der Waals surface area contributed by atoms with Gasteiger partial charge >= 0.3 is 0 Å². The van der Waals surface area contributed by atoms with Crippen molar-refractivity contribution in [3.8, 4) is 0 Å². The van der Waals surface area contributed by atoms with Crippen LogP contribution in [0.1, 0.15) is 91.4 Å². The summed E-state index contributed by atoms with van der Waals surface area (Å²) in [6.45, 7) is 6.19. The molecule has 0 rings (SSSR count). The van der Waals surface area contributed by atoms with Gasteiger partial charge in [-0.15, -0.1) is 0 Å². The molecule has 2 N–H and O–H groups in total. The second-order valence-electron chi connectivity index (χ2n) is 7.00. The maximum atomic E-state index is 11.7. The van der Waals surface area contributed by atoms with Crippen LogP contribution in [0.5, 0.6) is 0 Å². The van der Waals surface area contributed by atoms with Crippen LogP contribution in [0.25, 0.3) is 0 Å². The fourth-order valence-electron chi connectivity index (χ4n) is 2.22. The summed E-state index contributed by atoms with van der Waals surface area (Å²) in [6, 6.07) is 0. The molecule has 0 radical (unpaired) electrons. The second-order valence-corrected chi connectivity index (χ2v) is 8.76. The summed E-state index contributed by atoms with van der Waals surface area (Å²) in [5.74, 6) is 0.00819. The van der Waals surface area contributed by atoms with Crippen LogP contribution in [-0.2, 0) is 14.3 Å². The van der Waals surface area contributed by atoms with Gasteiger partial charge in [-0.25, -0.2) is 0 Å². The number of hydrogen-bond donors (Lipinski definition) is 1. The SMILES string of the molecule is CCCCCCCCCCCCOS(=O)(=O)CCC(C)(C)N. The van der Waals surface area contributed by atoms with Gasteiger partial charge in [0.2, 0.25) is 0 Å². The Labute approximate surface area is 138 Å². The lowest BCUT2D eigenvalue weighted by Crippen LogP contribution is -2.34. The van der Waals surface area contributed by atoms with Gasteiger partial charge in [0, 0.05) is 5.54 Å². The molecule has 0 aromatic carbocycles. The molecule has 0 saturated heterocycles. The van der Waals surface area contributed by atoms with Crippen LogP contribution in [0.4, 0.5) is 0 Å². The van der Waals surface area contributed by atoms with Crippen molar-refractivity contribution in [3.05, 3.63) is 0 Å². The molecule has 0 fully saturated rings. The van der Waals surface area contributed by atoms with Gasteiger partial charge in [-0.3, -0.25) is 4.18 Å². The summed E-state index contributed by atoms with van der Waals surface area (Å²) in [5.41, 5.74) is 5.32. The molecule has 0 spiro atoms. The molecule has 0 aliphatic carbocycles. The Balaban J connectivity index is 3.42. The van der Waals surface area contributed by atoms with Gasteiger partial charge < -0.3 is 5.73 Å². The largest absolute Gasteiger partial charge is 0.326 e. The van der Waals surface area contributed by atoms with Crippen molar-refractivity contribution in [1.82, 2.24) is 0 Å². The zero-order valence-corrected chi connectivity index (χ0v) is 15.7. The van der Waals surface area contributed by atoms with E-state index in [0.717, 1.165) is 12.8 Å². The standard InChI is InChI=1S/C17H37NO3S/c1-4-5-6-7-8-9-10-11-12-13-15-21-22(19,20)16-14-17(2,3)18/h4-16,18H2,1-3H3. The van der Waals surface area contributed by atoms with Crippen LogP contribution in [0.15, 0.2) is 0 Å². The molecule has 134 valence electrons. The van der Waals surface area contributed by atoms with Crippen LogP contribution >= 0.6 is 0 Å². The smallest absolute Gasteiger partial charge is 0.267 e. The molecule has 0 bridgehead atoms. The quantitative estimate of drug-likeness (QED) is 0.356. The van der Waals surface area contributed by atoms with Crippen LogP contribution in [-0.4, -0.2) is 26.3 Å². The van der Waals surface area contributed by atoms with E-state index in [1.807, 2.05) is 13.8 Å². The van der Waals surface area contributed by atoms with Crippen molar-refractivity contribution < 1.29 is 12.6 Å². The topological polar surface area (TPSA) is 69.4 Å². The third kappa shape index (κ3) is 16.2. The highest BCUT2D eigenvalue weighted by Crippen LogP contribution is 2.11. The maximum Gasteiger partial charge on any atom is 0.267 e. The Morgan fingerprint density at radius 2 is 1.32 bits per heavy atom. The first-order valence-corrected chi connectivity index (χ1v) is 10.5. The number of rotatable bonds is 15. The monoisotopic (exact) mass is 335 g/mol. The summed E-state index contributed by atoms with van der Waals surface area (Å²) >= 11 is 0. The molecule has 0 heterocycles. The molecule has 0 aromatic heterocycles. The van der Waals surface area contributed by atoms with Gasteiger partial charge in [0.25, 0.3) is 10.1 Å². The molecular weight excluding hydrogens is 298 g/mol. The zero-order valence-electron chi connectivity index (χ0n) is 14.9. The predicted octanol–water partition coefficient (Wildman–Crippen LogP) is 4.38. The first-order chi connectivity index (χ1) is 10.3. The molecule has 5 heteroatoms.